The van der Waals surface area contributed by atoms with Gasteiger partial charge < -0.3 is 10.1 Å². The molecule has 0 unspecified atom stereocenters. The van der Waals surface area contributed by atoms with Gasteiger partial charge in [0.2, 0.25) is 15.9 Å². The molecule has 1 N–H and O–H groups in total. The van der Waals surface area contributed by atoms with E-state index in [2.05, 4.69) is 5.32 Å². The number of ether oxygens (including phenoxy) is 1. The van der Waals surface area contributed by atoms with Crippen molar-refractivity contribution in [1.82, 2.24) is 0 Å². The van der Waals surface area contributed by atoms with E-state index in [1.54, 1.807) is 12.1 Å². The second kappa shape index (κ2) is 9.57. The van der Waals surface area contributed by atoms with Crippen LogP contribution in [0.4, 0.5) is 20.2 Å². The summed E-state index contributed by atoms with van der Waals surface area (Å²) in [5.41, 5.74) is 0.547. The highest BCUT2D eigenvalue weighted by Gasteiger charge is 2.22. The Morgan fingerprint density at radius 1 is 0.935 bits per heavy atom. The Bertz CT molecular complexity index is 1130. The van der Waals surface area contributed by atoms with Crippen molar-refractivity contribution in [2.75, 3.05) is 22.4 Å². The van der Waals surface area contributed by atoms with Gasteiger partial charge >= 0.3 is 0 Å². The summed E-state index contributed by atoms with van der Waals surface area (Å²) in [4.78, 5) is 12.3. The van der Waals surface area contributed by atoms with E-state index in [1.165, 1.54) is 12.1 Å². The number of halogens is 2. The lowest BCUT2D eigenvalue weighted by atomic mass is 10.2. The number of carbonyl (C=O) groups excluding carboxylic acids is 1. The van der Waals surface area contributed by atoms with Crippen molar-refractivity contribution in [2.45, 2.75) is 6.61 Å². The van der Waals surface area contributed by atoms with Gasteiger partial charge in [0.25, 0.3) is 0 Å². The summed E-state index contributed by atoms with van der Waals surface area (Å²) in [6.45, 7) is -0.316. The van der Waals surface area contributed by atoms with Crippen LogP contribution < -0.4 is 14.4 Å². The van der Waals surface area contributed by atoms with Crippen LogP contribution in [-0.2, 0) is 21.4 Å². The van der Waals surface area contributed by atoms with E-state index in [0.717, 1.165) is 34.3 Å². The number of carbonyl (C=O) groups is 1. The van der Waals surface area contributed by atoms with Crippen LogP contribution in [0.2, 0.25) is 0 Å². The van der Waals surface area contributed by atoms with Crippen LogP contribution >= 0.6 is 0 Å². The predicted octanol–water partition coefficient (Wildman–Crippen LogP) is 3.95. The number of nitrogens with one attached hydrogen (secondary N) is 1. The van der Waals surface area contributed by atoms with E-state index >= 15 is 0 Å². The molecule has 0 spiro atoms. The molecule has 3 aromatic carbocycles. The zero-order valence-electron chi connectivity index (χ0n) is 16.6. The third-order valence-corrected chi connectivity index (χ3v) is 5.43. The Morgan fingerprint density at radius 2 is 1.55 bits per heavy atom. The molecule has 162 valence electrons. The Balaban J connectivity index is 1.71. The number of hydrogen-bond donors (Lipinski definition) is 1. The number of anilines is 2. The van der Waals surface area contributed by atoms with Crippen LogP contribution in [0.15, 0.2) is 72.8 Å². The number of nitrogens with zero attached hydrogens (tertiary/aromatic N) is 1. The van der Waals surface area contributed by atoms with E-state index in [0.29, 0.717) is 12.4 Å². The summed E-state index contributed by atoms with van der Waals surface area (Å²) in [7, 11) is -3.85. The van der Waals surface area contributed by atoms with Gasteiger partial charge in [0.05, 0.1) is 11.9 Å². The van der Waals surface area contributed by atoms with Gasteiger partial charge in [-0.25, -0.2) is 17.2 Å². The van der Waals surface area contributed by atoms with Gasteiger partial charge in [-0.1, -0.05) is 36.4 Å². The van der Waals surface area contributed by atoms with E-state index < -0.39 is 39.8 Å². The smallest absolute Gasteiger partial charge is 0.245 e. The zero-order chi connectivity index (χ0) is 22.4. The first kappa shape index (κ1) is 22.2. The van der Waals surface area contributed by atoms with Crippen LogP contribution in [0.25, 0.3) is 0 Å². The van der Waals surface area contributed by atoms with Crippen molar-refractivity contribution in [1.29, 1.82) is 0 Å². The second-order valence-electron chi connectivity index (χ2n) is 6.68. The molecule has 0 saturated carbocycles. The molecule has 0 aliphatic carbocycles. The average molecular weight is 446 g/mol. The molecule has 0 radical (unpaired) electrons. The number of amides is 1. The van der Waals surface area contributed by atoms with Gasteiger partial charge in [-0.05, 0) is 42.0 Å². The number of sulfonamides is 1. The van der Waals surface area contributed by atoms with E-state index in [9.17, 15) is 22.0 Å². The highest BCUT2D eigenvalue weighted by Crippen LogP contribution is 2.23. The van der Waals surface area contributed by atoms with Gasteiger partial charge in [0.1, 0.15) is 36.2 Å². The minimum absolute atomic E-state index is 0.207. The third kappa shape index (κ3) is 6.02. The van der Waals surface area contributed by atoms with Crippen LogP contribution in [0.1, 0.15) is 5.56 Å². The van der Waals surface area contributed by atoms with Crippen molar-refractivity contribution in [2.24, 2.45) is 0 Å². The zero-order valence-corrected chi connectivity index (χ0v) is 17.4. The van der Waals surface area contributed by atoms with Crippen molar-refractivity contribution in [3.05, 3.63) is 90.0 Å². The van der Waals surface area contributed by atoms with Crippen molar-refractivity contribution in [3.8, 4) is 5.75 Å². The van der Waals surface area contributed by atoms with Crippen LogP contribution in [0.5, 0.6) is 5.75 Å². The summed E-state index contributed by atoms with van der Waals surface area (Å²) in [6.07, 6.45) is 0.934. The molecule has 0 fully saturated rings. The Hall–Kier alpha value is -3.46. The van der Waals surface area contributed by atoms with E-state index in [4.69, 9.17) is 4.74 Å². The maximum absolute atomic E-state index is 13.7. The summed E-state index contributed by atoms with van der Waals surface area (Å²) < 4.78 is 58.4. The normalized spacial score (nSPS) is 11.1. The fourth-order valence-electron chi connectivity index (χ4n) is 2.78. The number of benzene rings is 3. The summed E-state index contributed by atoms with van der Waals surface area (Å²) >= 11 is 0. The van der Waals surface area contributed by atoms with Crippen LogP contribution in [-0.4, -0.2) is 27.1 Å². The molecule has 1 amide bonds. The second-order valence-corrected chi connectivity index (χ2v) is 8.59. The van der Waals surface area contributed by atoms with Crippen molar-refractivity contribution >= 4 is 27.3 Å². The first-order chi connectivity index (χ1) is 14.7. The standard InChI is InChI=1S/C22H20F2N2O4S/c1-31(28,29)26(14-21(27)25-22-19(23)8-5-9-20(22)24)17-10-12-18(13-11-17)30-15-16-6-3-2-4-7-16/h2-13H,14-15H2,1H3,(H,25,27). The lowest BCUT2D eigenvalue weighted by Gasteiger charge is -2.22. The first-order valence-electron chi connectivity index (χ1n) is 9.22. The summed E-state index contributed by atoms with van der Waals surface area (Å²) in [5, 5.41) is 2.08. The van der Waals surface area contributed by atoms with Gasteiger partial charge in [-0.2, -0.15) is 0 Å². The molecule has 0 aliphatic rings. The lowest BCUT2D eigenvalue weighted by molar-refractivity contribution is -0.114. The lowest BCUT2D eigenvalue weighted by Crippen LogP contribution is -2.37. The van der Waals surface area contributed by atoms with Gasteiger partial charge in [-0.15, -0.1) is 0 Å². The monoisotopic (exact) mass is 446 g/mol. The molecule has 31 heavy (non-hydrogen) atoms. The number of rotatable bonds is 8. The molecule has 0 saturated heterocycles. The number of para-hydroxylation sites is 1. The van der Waals surface area contributed by atoms with Gasteiger partial charge in [-0.3, -0.25) is 9.10 Å². The highest BCUT2D eigenvalue weighted by atomic mass is 32.2. The van der Waals surface area contributed by atoms with Gasteiger partial charge in [0.15, 0.2) is 0 Å². The molecule has 6 nitrogen and oxygen atoms in total. The van der Waals surface area contributed by atoms with Gasteiger partial charge in [0, 0.05) is 0 Å². The molecule has 0 bridgehead atoms. The van der Waals surface area contributed by atoms with Crippen molar-refractivity contribution < 1.29 is 26.7 Å². The summed E-state index contributed by atoms with van der Waals surface area (Å²) in [5.74, 6) is -2.30. The molecule has 3 rings (SSSR count). The van der Waals surface area contributed by atoms with Crippen molar-refractivity contribution in [3.63, 3.8) is 0 Å². The first-order valence-corrected chi connectivity index (χ1v) is 11.1. The topological polar surface area (TPSA) is 75.7 Å². The Morgan fingerprint density at radius 3 is 2.13 bits per heavy atom. The maximum atomic E-state index is 13.7. The molecule has 0 aromatic heterocycles. The minimum Gasteiger partial charge on any atom is -0.489 e. The molecular weight excluding hydrogens is 426 g/mol. The fourth-order valence-corrected chi connectivity index (χ4v) is 3.63. The van der Waals surface area contributed by atoms with Crippen LogP contribution in [0.3, 0.4) is 0 Å². The molecule has 0 heterocycles. The minimum atomic E-state index is -3.85. The molecular formula is C22H20F2N2O4S. The molecule has 3 aromatic rings. The molecule has 9 heteroatoms. The van der Waals surface area contributed by atoms with E-state index in [-0.39, 0.29) is 5.69 Å². The fraction of sp³-hybridized carbons (Fsp3) is 0.136. The molecule has 0 aliphatic heterocycles. The van der Waals surface area contributed by atoms with E-state index in [1.807, 2.05) is 30.3 Å². The largest absolute Gasteiger partial charge is 0.489 e. The SMILES string of the molecule is CS(=O)(=O)N(CC(=O)Nc1c(F)cccc1F)c1ccc(OCc2ccccc2)cc1. The predicted molar refractivity (Wildman–Crippen MR) is 114 cm³/mol. The van der Waals surface area contributed by atoms with Crippen LogP contribution in [0, 0.1) is 11.6 Å². The summed E-state index contributed by atoms with van der Waals surface area (Å²) in [6, 6.07) is 18.8. The quantitative estimate of drug-likeness (QED) is 0.569. The maximum Gasteiger partial charge on any atom is 0.245 e. The Labute approximate surface area is 179 Å². The average Bonchev–Trinajstić information content (AvgIpc) is 2.74. The molecule has 0 atom stereocenters. The Kier molecular flexibility index (Phi) is 6.86. The highest BCUT2D eigenvalue weighted by molar-refractivity contribution is 7.92. The number of hydrogen-bond acceptors (Lipinski definition) is 4. The third-order valence-electron chi connectivity index (χ3n) is 4.29.